The molecule has 1 saturated carbocycles. The first-order valence-corrected chi connectivity index (χ1v) is 6.57. The highest BCUT2D eigenvalue weighted by molar-refractivity contribution is 5.73. The van der Waals surface area contributed by atoms with Crippen LogP contribution in [0.4, 0.5) is 4.79 Å². The third-order valence-corrected chi connectivity index (χ3v) is 2.85. The summed E-state index contributed by atoms with van der Waals surface area (Å²) in [6.07, 6.45) is -0.651. The molecule has 0 aromatic rings. The Balaban J connectivity index is 2.48. The molecular weight excluding hydrogens is 250 g/mol. The summed E-state index contributed by atoms with van der Waals surface area (Å²) in [5.41, 5.74) is -0.589. The Labute approximate surface area is 113 Å². The number of alkyl carbamates (subject to hydrolysis) is 1. The molecule has 0 radical (unpaired) electrons. The van der Waals surface area contributed by atoms with Gasteiger partial charge in [-0.3, -0.25) is 4.79 Å². The van der Waals surface area contributed by atoms with E-state index >= 15 is 0 Å². The summed E-state index contributed by atoms with van der Waals surface area (Å²) in [4.78, 5) is 23.2. The van der Waals surface area contributed by atoms with Gasteiger partial charge in [-0.15, -0.1) is 0 Å². The molecule has 0 aromatic carbocycles. The van der Waals surface area contributed by atoms with Gasteiger partial charge in [-0.1, -0.05) is 0 Å². The topological polar surface area (TPSA) is 84.9 Å². The fourth-order valence-corrected chi connectivity index (χ4v) is 2.08. The van der Waals surface area contributed by atoms with Crippen molar-refractivity contribution in [2.45, 2.75) is 58.3 Å². The van der Waals surface area contributed by atoms with Crippen molar-refractivity contribution >= 4 is 12.1 Å². The highest BCUT2D eigenvalue weighted by Gasteiger charge is 2.39. The van der Waals surface area contributed by atoms with E-state index in [4.69, 9.17) is 9.47 Å². The van der Waals surface area contributed by atoms with Gasteiger partial charge in [-0.25, -0.2) is 4.79 Å². The van der Waals surface area contributed by atoms with E-state index in [0.29, 0.717) is 19.4 Å². The van der Waals surface area contributed by atoms with Crippen molar-refractivity contribution < 1.29 is 24.2 Å². The van der Waals surface area contributed by atoms with E-state index in [9.17, 15) is 14.7 Å². The number of aliphatic hydroxyl groups excluding tert-OH is 1. The van der Waals surface area contributed by atoms with Crippen LogP contribution >= 0.6 is 0 Å². The molecule has 2 N–H and O–H groups in total. The maximum atomic E-state index is 11.6. The lowest BCUT2D eigenvalue weighted by molar-refractivity contribution is -0.148. The average molecular weight is 273 g/mol. The van der Waals surface area contributed by atoms with Crippen LogP contribution in [-0.2, 0) is 14.3 Å². The maximum Gasteiger partial charge on any atom is 0.407 e. The Morgan fingerprint density at radius 2 is 1.95 bits per heavy atom. The Morgan fingerprint density at radius 3 is 2.47 bits per heavy atom. The Morgan fingerprint density at radius 1 is 1.32 bits per heavy atom. The monoisotopic (exact) mass is 273 g/mol. The minimum atomic E-state index is -0.748. The van der Waals surface area contributed by atoms with Crippen molar-refractivity contribution in [3.8, 4) is 0 Å². The van der Waals surface area contributed by atoms with Crippen LogP contribution in [0.15, 0.2) is 0 Å². The molecule has 1 rings (SSSR count). The van der Waals surface area contributed by atoms with Gasteiger partial charge < -0.3 is 19.9 Å². The van der Waals surface area contributed by atoms with E-state index in [0.717, 1.165) is 0 Å². The van der Waals surface area contributed by atoms with Crippen LogP contribution in [0.3, 0.4) is 0 Å². The SMILES string of the molecule is CCOC(=O)C1CC(O)C(NC(=O)OC(C)(C)C)C1. The van der Waals surface area contributed by atoms with Crippen LogP contribution in [0.2, 0.25) is 0 Å². The molecule has 0 bridgehead atoms. The number of carbonyl (C=O) groups is 2. The molecule has 6 nitrogen and oxygen atoms in total. The molecule has 1 fully saturated rings. The molecule has 0 aromatic heterocycles. The van der Waals surface area contributed by atoms with Gasteiger partial charge in [0.05, 0.1) is 24.7 Å². The number of aliphatic hydroxyl groups is 1. The van der Waals surface area contributed by atoms with Gasteiger partial charge in [-0.05, 0) is 40.5 Å². The first kappa shape index (κ1) is 15.8. The first-order valence-electron chi connectivity index (χ1n) is 6.57. The van der Waals surface area contributed by atoms with Crippen LogP contribution in [0.5, 0.6) is 0 Å². The largest absolute Gasteiger partial charge is 0.466 e. The van der Waals surface area contributed by atoms with Crippen LogP contribution in [0.1, 0.15) is 40.5 Å². The third-order valence-electron chi connectivity index (χ3n) is 2.85. The van der Waals surface area contributed by atoms with Crippen LogP contribution < -0.4 is 5.32 Å². The van der Waals surface area contributed by atoms with Crippen molar-refractivity contribution in [3.63, 3.8) is 0 Å². The molecule has 0 heterocycles. The van der Waals surface area contributed by atoms with Crippen LogP contribution in [0, 0.1) is 5.92 Å². The van der Waals surface area contributed by atoms with Gasteiger partial charge in [-0.2, -0.15) is 0 Å². The lowest BCUT2D eigenvalue weighted by Gasteiger charge is -2.22. The highest BCUT2D eigenvalue weighted by Crippen LogP contribution is 2.27. The fourth-order valence-electron chi connectivity index (χ4n) is 2.08. The number of rotatable bonds is 3. The minimum absolute atomic E-state index is 0.305. The predicted octanol–water partition coefficient (Wildman–Crippen LogP) is 1.21. The summed E-state index contributed by atoms with van der Waals surface area (Å²) in [5, 5.41) is 12.4. The van der Waals surface area contributed by atoms with E-state index in [1.807, 2.05) is 0 Å². The van der Waals surface area contributed by atoms with Gasteiger partial charge in [0.1, 0.15) is 5.60 Å². The molecule has 0 spiro atoms. The predicted molar refractivity (Wildman–Crippen MR) is 68.5 cm³/mol. The molecule has 1 amide bonds. The van der Waals surface area contributed by atoms with Crippen molar-refractivity contribution in [1.82, 2.24) is 5.32 Å². The number of hydrogen-bond donors (Lipinski definition) is 2. The molecule has 0 aliphatic heterocycles. The summed E-state index contributed by atoms with van der Waals surface area (Å²) < 4.78 is 10.0. The summed E-state index contributed by atoms with van der Waals surface area (Å²) in [6, 6.07) is -0.468. The second-order valence-electron chi connectivity index (χ2n) is 5.74. The number of hydrogen-bond acceptors (Lipinski definition) is 5. The number of nitrogens with one attached hydrogen (secondary N) is 1. The Kier molecular flexibility index (Phi) is 5.17. The number of esters is 1. The molecule has 110 valence electrons. The zero-order valence-corrected chi connectivity index (χ0v) is 11.9. The standard InChI is InChI=1S/C13H23NO5/c1-5-18-11(16)8-6-9(10(15)7-8)14-12(17)19-13(2,3)4/h8-10,15H,5-7H2,1-4H3,(H,14,17). The van der Waals surface area contributed by atoms with Gasteiger partial charge in [0.25, 0.3) is 0 Å². The lowest BCUT2D eigenvalue weighted by Crippen LogP contribution is -2.42. The highest BCUT2D eigenvalue weighted by atomic mass is 16.6. The third kappa shape index (κ3) is 5.06. The molecule has 3 unspecified atom stereocenters. The maximum absolute atomic E-state index is 11.6. The Bertz CT molecular complexity index is 336. The number of carbonyl (C=O) groups excluding carboxylic acids is 2. The second-order valence-corrected chi connectivity index (χ2v) is 5.74. The van der Waals surface area contributed by atoms with E-state index in [1.54, 1.807) is 27.7 Å². The van der Waals surface area contributed by atoms with E-state index < -0.39 is 23.8 Å². The van der Waals surface area contributed by atoms with E-state index in [1.165, 1.54) is 0 Å². The molecule has 0 saturated heterocycles. The number of ether oxygens (including phenoxy) is 2. The number of amides is 1. The molecule has 1 aliphatic rings. The normalized spacial score (nSPS) is 26.9. The van der Waals surface area contributed by atoms with Crippen molar-refractivity contribution in [2.24, 2.45) is 5.92 Å². The summed E-state index contributed by atoms with van der Waals surface area (Å²) in [5.74, 6) is -0.690. The van der Waals surface area contributed by atoms with Gasteiger partial charge in [0.15, 0.2) is 0 Å². The van der Waals surface area contributed by atoms with Crippen molar-refractivity contribution in [2.75, 3.05) is 6.61 Å². The van der Waals surface area contributed by atoms with Gasteiger partial charge >= 0.3 is 12.1 Å². The summed E-state index contributed by atoms with van der Waals surface area (Å²) in [7, 11) is 0. The van der Waals surface area contributed by atoms with E-state index in [2.05, 4.69) is 5.32 Å². The summed E-state index contributed by atoms with van der Waals surface area (Å²) in [6.45, 7) is 7.34. The Hall–Kier alpha value is -1.30. The summed E-state index contributed by atoms with van der Waals surface area (Å²) >= 11 is 0. The zero-order chi connectivity index (χ0) is 14.6. The first-order chi connectivity index (χ1) is 8.73. The van der Waals surface area contributed by atoms with Gasteiger partial charge in [0, 0.05) is 0 Å². The molecule has 1 aliphatic carbocycles. The molecular formula is C13H23NO5. The smallest absolute Gasteiger partial charge is 0.407 e. The minimum Gasteiger partial charge on any atom is -0.466 e. The van der Waals surface area contributed by atoms with Crippen molar-refractivity contribution in [1.29, 1.82) is 0 Å². The van der Waals surface area contributed by atoms with Crippen molar-refractivity contribution in [3.05, 3.63) is 0 Å². The molecule has 3 atom stereocenters. The molecule has 19 heavy (non-hydrogen) atoms. The van der Waals surface area contributed by atoms with E-state index in [-0.39, 0.29) is 11.9 Å². The fraction of sp³-hybridized carbons (Fsp3) is 0.846. The molecule has 6 heteroatoms. The van der Waals surface area contributed by atoms with Gasteiger partial charge in [0.2, 0.25) is 0 Å². The lowest BCUT2D eigenvalue weighted by atomic mass is 10.1. The quantitative estimate of drug-likeness (QED) is 0.755. The van der Waals surface area contributed by atoms with Crippen LogP contribution in [-0.4, -0.2) is 41.5 Å². The van der Waals surface area contributed by atoms with Crippen LogP contribution in [0.25, 0.3) is 0 Å². The second kappa shape index (κ2) is 6.23. The average Bonchev–Trinajstić information content (AvgIpc) is 2.58. The zero-order valence-electron chi connectivity index (χ0n) is 11.9.